The van der Waals surface area contributed by atoms with Crippen molar-refractivity contribution in [3.05, 3.63) is 58.3 Å². The molecule has 4 rings (SSSR count). The van der Waals surface area contributed by atoms with Gasteiger partial charge in [-0.2, -0.15) is 0 Å². The molecule has 0 atom stereocenters. The van der Waals surface area contributed by atoms with E-state index in [9.17, 15) is 4.79 Å². The predicted octanol–water partition coefficient (Wildman–Crippen LogP) is 5.30. The number of fused-ring (bicyclic) bond motifs is 4. The van der Waals surface area contributed by atoms with E-state index in [2.05, 4.69) is 50.5 Å². The number of nitrogens with zero attached hydrogens (tertiary/aromatic N) is 2. The van der Waals surface area contributed by atoms with E-state index < -0.39 is 0 Å². The molecule has 0 N–H and O–H groups in total. The molecule has 2 aromatic rings. The first-order chi connectivity index (χ1) is 14.0. The van der Waals surface area contributed by atoms with Crippen LogP contribution in [-0.2, 0) is 0 Å². The van der Waals surface area contributed by atoms with Crippen LogP contribution in [-0.4, -0.2) is 18.1 Å². The Balaban J connectivity index is 1.96. The predicted molar refractivity (Wildman–Crippen MR) is 120 cm³/mol. The second-order valence-corrected chi connectivity index (χ2v) is 7.44. The molecule has 29 heavy (non-hydrogen) atoms. The summed E-state index contributed by atoms with van der Waals surface area (Å²) < 4.78 is 6.13. The molecule has 4 heteroatoms. The van der Waals surface area contributed by atoms with Gasteiger partial charge in [0.25, 0.3) is 0 Å². The Labute approximate surface area is 170 Å². The van der Waals surface area contributed by atoms with Gasteiger partial charge in [-0.1, -0.05) is 25.7 Å². The van der Waals surface area contributed by atoms with Gasteiger partial charge in [-0.3, -0.25) is 4.79 Å². The fourth-order valence-corrected chi connectivity index (χ4v) is 3.55. The maximum absolute atomic E-state index is 12.6. The maximum atomic E-state index is 12.6. The number of hydrogen-bond acceptors (Lipinski definition) is 4. The van der Waals surface area contributed by atoms with Crippen molar-refractivity contribution in [1.82, 2.24) is 4.98 Å². The van der Waals surface area contributed by atoms with Crippen molar-refractivity contribution in [3.8, 4) is 23.3 Å². The van der Waals surface area contributed by atoms with Crippen molar-refractivity contribution < 1.29 is 4.42 Å². The highest BCUT2D eigenvalue weighted by atomic mass is 16.3. The van der Waals surface area contributed by atoms with Crippen LogP contribution < -0.4 is 10.3 Å². The zero-order valence-corrected chi connectivity index (χ0v) is 17.2. The van der Waals surface area contributed by atoms with Gasteiger partial charge in [0, 0.05) is 53.2 Å². The summed E-state index contributed by atoms with van der Waals surface area (Å²) in [6, 6.07) is 13.2. The van der Waals surface area contributed by atoms with E-state index in [1.54, 1.807) is 0 Å². The Hall–Kier alpha value is -3.32. The van der Waals surface area contributed by atoms with Gasteiger partial charge in [0.05, 0.1) is 0 Å². The quantitative estimate of drug-likeness (QED) is 0.273. The van der Waals surface area contributed by atoms with Crippen molar-refractivity contribution in [2.45, 2.75) is 27.7 Å². The molecule has 2 aromatic carbocycles. The zero-order chi connectivity index (χ0) is 20.5. The second-order valence-electron chi connectivity index (χ2n) is 7.44. The van der Waals surface area contributed by atoms with E-state index in [0.29, 0.717) is 22.4 Å². The molecular weight excluding hydrogens is 360 g/mol. The monoisotopic (exact) mass is 384 g/mol. The Bertz CT molecular complexity index is 1290. The minimum atomic E-state index is -0.0688. The molecule has 0 spiro atoms. The van der Waals surface area contributed by atoms with Crippen LogP contribution in [0.1, 0.15) is 33.3 Å². The SMILES string of the molecule is CCN(CC)c1ccc2nc3c4cc(C#CC(C)C)ccc4c(=O)cc-3oc2c1. The first-order valence-electron chi connectivity index (χ1n) is 10.1. The zero-order valence-electron chi connectivity index (χ0n) is 17.2. The third kappa shape index (κ3) is 3.56. The van der Waals surface area contributed by atoms with E-state index in [4.69, 9.17) is 9.40 Å². The molecule has 0 bridgehead atoms. The Morgan fingerprint density at radius 1 is 1.03 bits per heavy atom. The smallest absolute Gasteiger partial charge is 0.190 e. The van der Waals surface area contributed by atoms with Crippen molar-refractivity contribution in [2.24, 2.45) is 5.92 Å². The summed E-state index contributed by atoms with van der Waals surface area (Å²) in [4.78, 5) is 19.7. The van der Waals surface area contributed by atoms with Gasteiger partial charge < -0.3 is 9.32 Å². The molecule has 0 amide bonds. The summed E-state index contributed by atoms with van der Waals surface area (Å²) in [7, 11) is 0. The van der Waals surface area contributed by atoms with Crippen molar-refractivity contribution in [2.75, 3.05) is 18.0 Å². The van der Waals surface area contributed by atoms with E-state index >= 15 is 0 Å². The normalized spacial score (nSPS) is 11.2. The van der Waals surface area contributed by atoms with E-state index in [1.807, 2.05) is 30.3 Å². The van der Waals surface area contributed by atoms with Crippen molar-refractivity contribution in [3.63, 3.8) is 0 Å². The third-order valence-corrected chi connectivity index (χ3v) is 5.07. The van der Waals surface area contributed by atoms with Gasteiger partial charge in [-0.25, -0.2) is 4.98 Å². The van der Waals surface area contributed by atoms with Crippen LogP contribution in [0.2, 0.25) is 0 Å². The summed E-state index contributed by atoms with van der Waals surface area (Å²) in [6.45, 7) is 10.2. The Morgan fingerprint density at radius 2 is 1.83 bits per heavy atom. The summed E-state index contributed by atoms with van der Waals surface area (Å²) in [5.41, 5.74) is 4.03. The summed E-state index contributed by atoms with van der Waals surface area (Å²) in [5.74, 6) is 7.13. The molecule has 2 aliphatic rings. The van der Waals surface area contributed by atoms with Gasteiger partial charge in [0.15, 0.2) is 16.8 Å². The lowest BCUT2D eigenvalue weighted by Gasteiger charge is -2.21. The van der Waals surface area contributed by atoms with Crippen LogP contribution in [0.4, 0.5) is 5.69 Å². The first-order valence-corrected chi connectivity index (χ1v) is 10.1. The summed E-state index contributed by atoms with van der Waals surface area (Å²) >= 11 is 0. The average molecular weight is 384 g/mol. The van der Waals surface area contributed by atoms with E-state index in [0.717, 1.165) is 35.2 Å². The number of aromatic nitrogens is 1. The number of anilines is 1. The molecule has 0 saturated carbocycles. The number of hydrogen-bond donors (Lipinski definition) is 0. The molecule has 0 radical (unpaired) electrons. The maximum Gasteiger partial charge on any atom is 0.190 e. The largest absolute Gasteiger partial charge is 0.453 e. The fourth-order valence-electron chi connectivity index (χ4n) is 3.55. The number of rotatable bonds is 3. The Morgan fingerprint density at radius 3 is 2.55 bits per heavy atom. The van der Waals surface area contributed by atoms with Crippen LogP contribution in [0, 0.1) is 17.8 Å². The van der Waals surface area contributed by atoms with Crippen LogP contribution in [0.15, 0.2) is 51.7 Å². The van der Waals surface area contributed by atoms with Gasteiger partial charge in [0.1, 0.15) is 11.2 Å². The molecule has 1 aliphatic carbocycles. The van der Waals surface area contributed by atoms with Crippen LogP contribution >= 0.6 is 0 Å². The van der Waals surface area contributed by atoms with Crippen molar-refractivity contribution in [1.29, 1.82) is 0 Å². The lowest BCUT2D eigenvalue weighted by Crippen LogP contribution is -2.21. The third-order valence-electron chi connectivity index (χ3n) is 5.07. The lowest BCUT2D eigenvalue weighted by atomic mass is 10.0. The van der Waals surface area contributed by atoms with Crippen LogP contribution in [0.25, 0.3) is 33.3 Å². The standard InChI is InChI=1S/C25H24N2O2/c1-5-27(6-2)18-10-12-21-23(14-18)29-24-15-22(28)19-11-9-17(8-7-16(3)4)13-20(19)25(24)26-21/h9-16H,5-6H2,1-4H3. The minimum Gasteiger partial charge on any atom is -0.453 e. The lowest BCUT2D eigenvalue weighted by molar-refractivity contribution is 0.613. The summed E-state index contributed by atoms with van der Waals surface area (Å²) in [5, 5.41) is 1.41. The first kappa shape index (κ1) is 19.0. The van der Waals surface area contributed by atoms with Gasteiger partial charge in [-0.05, 0) is 44.2 Å². The molecule has 0 unspecified atom stereocenters. The van der Waals surface area contributed by atoms with Gasteiger partial charge >= 0.3 is 0 Å². The molecule has 0 fully saturated rings. The Kier molecular flexibility index (Phi) is 4.98. The van der Waals surface area contributed by atoms with Gasteiger partial charge in [-0.15, -0.1) is 0 Å². The highest BCUT2D eigenvalue weighted by Gasteiger charge is 2.16. The van der Waals surface area contributed by atoms with E-state index in [1.165, 1.54) is 6.07 Å². The molecule has 4 nitrogen and oxygen atoms in total. The number of benzene rings is 3. The molecule has 1 aliphatic heterocycles. The highest BCUT2D eigenvalue weighted by molar-refractivity contribution is 5.97. The van der Waals surface area contributed by atoms with Crippen LogP contribution in [0.3, 0.4) is 0 Å². The van der Waals surface area contributed by atoms with Crippen LogP contribution in [0.5, 0.6) is 0 Å². The highest BCUT2D eigenvalue weighted by Crippen LogP contribution is 2.32. The van der Waals surface area contributed by atoms with Crippen molar-refractivity contribution >= 4 is 27.6 Å². The van der Waals surface area contributed by atoms with Gasteiger partial charge in [0.2, 0.25) is 0 Å². The minimum absolute atomic E-state index is 0.0688. The molecule has 1 heterocycles. The molecule has 0 aromatic heterocycles. The molecular formula is C25H24N2O2. The fraction of sp³-hybridized carbons (Fsp3) is 0.280. The average Bonchev–Trinajstić information content (AvgIpc) is 2.72. The second kappa shape index (κ2) is 7.60. The topological polar surface area (TPSA) is 46.3 Å². The summed E-state index contributed by atoms with van der Waals surface area (Å²) in [6.07, 6.45) is 0. The molecule has 146 valence electrons. The molecule has 0 saturated heterocycles. The van der Waals surface area contributed by atoms with E-state index in [-0.39, 0.29) is 11.3 Å².